The van der Waals surface area contributed by atoms with Gasteiger partial charge in [-0.1, -0.05) is 18.2 Å². The second-order valence-electron chi connectivity index (χ2n) is 3.04. The number of hydrogen-bond donors (Lipinski definition) is 0. The minimum absolute atomic E-state index is 0.204. The average molecular weight is 217 g/mol. The zero-order chi connectivity index (χ0) is 10.2. The van der Waals surface area contributed by atoms with Crippen LogP contribution < -0.4 is 0 Å². The van der Waals surface area contributed by atoms with Crippen LogP contribution in [0.4, 0.5) is 4.39 Å². The summed E-state index contributed by atoms with van der Waals surface area (Å²) in [6, 6.07) is 6.65. The molecule has 0 aliphatic carbocycles. The van der Waals surface area contributed by atoms with Gasteiger partial charge in [-0.2, -0.15) is 0 Å². The van der Waals surface area contributed by atoms with Crippen LogP contribution in [0.25, 0.3) is 0 Å². The molecule has 0 N–H and O–H groups in total. The van der Waals surface area contributed by atoms with Crippen LogP contribution in [0.2, 0.25) is 0 Å². The molecular formula is C11H14ClFO. The van der Waals surface area contributed by atoms with E-state index in [1.807, 2.05) is 0 Å². The van der Waals surface area contributed by atoms with Gasteiger partial charge in [0.05, 0.1) is 6.61 Å². The first-order valence-corrected chi connectivity index (χ1v) is 5.25. The predicted octanol–water partition coefficient (Wildman–Crippen LogP) is 3.36. The van der Waals surface area contributed by atoms with E-state index in [4.69, 9.17) is 16.3 Å². The van der Waals surface area contributed by atoms with Gasteiger partial charge in [0.2, 0.25) is 0 Å². The van der Waals surface area contributed by atoms with Gasteiger partial charge in [0.1, 0.15) is 5.82 Å². The van der Waals surface area contributed by atoms with E-state index in [0.29, 0.717) is 24.7 Å². The van der Waals surface area contributed by atoms with Crippen molar-refractivity contribution < 1.29 is 9.13 Å². The molecule has 0 aliphatic heterocycles. The topological polar surface area (TPSA) is 9.23 Å². The quantitative estimate of drug-likeness (QED) is 0.524. The first kappa shape index (κ1) is 11.5. The Bertz CT molecular complexity index is 265. The van der Waals surface area contributed by atoms with E-state index in [9.17, 15) is 4.39 Å². The molecule has 1 rings (SSSR count). The summed E-state index contributed by atoms with van der Waals surface area (Å²) in [6.45, 7) is 0.982. The number of alkyl halides is 1. The van der Waals surface area contributed by atoms with Crippen LogP contribution in [-0.4, -0.2) is 12.5 Å². The Morgan fingerprint density at radius 2 is 2.00 bits per heavy atom. The van der Waals surface area contributed by atoms with Crippen LogP contribution in [0, 0.1) is 5.82 Å². The maximum absolute atomic E-state index is 13.1. The Kier molecular flexibility index (Phi) is 5.57. The number of unbranched alkanes of at least 4 members (excludes halogenated alkanes) is 1. The van der Waals surface area contributed by atoms with E-state index in [-0.39, 0.29) is 5.82 Å². The SMILES string of the molecule is Fc1ccccc1COCCCCCl. The van der Waals surface area contributed by atoms with Crippen molar-refractivity contribution in [3.63, 3.8) is 0 Å². The highest BCUT2D eigenvalue weighted by Crippen LogP contribution is 2.07. The van der Waals surface area contributed by atoms with Crippen LogP contribution in [-0.2, 0) is 11.3 Å². The summed E-state index contributed by atoms with van der Waals surface area (Å²) < 4.78 is 18.4. The Labute approximate surface area is 88.8 Å². The summed E-state index contributed by atoms with van der Waals surface area (Å²) in [4.78, 5) is 0. The number of benzene rings is 1. The van der Waals surface area contributed by atoms with Gasteiger partial charge in [0.25, 0.3) is 0 Å². The molecule has 0 fully saturated rings. The van der Waals surface area contributed by atoms with Gasteiger partial charge in [0.15, 0.2) is 0 Å². The van der Waals surface area contributed by atoms with Crippen molar-refractivity contribution in [2.45, 2.75) is 19.4 Å². The lowest BCUT2D eigenvalue weighted by molar-refractivity contribution is 0.116. The van der Waals surface area contributed by atoms with Gasteiger partial charge in [-0.05, 0) is 18.9 Å². The maximum Gasteiger partial charge on any atom is 0.128 e. The molecule has 0 spiro atoms. The minimum atomic E-state index is -0.204. The fourth-order valence-electron chi connectivity index (χ4n) is 1.10. The Morgan fingerprint density at radius 1 is 1.21 bits per heavy atom. The van der Waals surface area contributed by atoms with Gasteiger partial charge < -0.3 is 4.74 Å². The number of rotatable bonds is 6. The van der Waals surface area contributed by atoms with Crippen molar-refractivity contribution >= 4 is 11.6 Å². The highest BCUT2D eigenvalue weighted by atomic mass is 35.5. The van der Waals surface area contributed by atoms with Gasteiger partial charge in [0, 0.05) is 18.1 Å². The van der Waals surface area contributed by atoms with Crippen molar-refractivity contribution in [1.29, 1.82) is 0 Å². The summed E-state index contributed by atoms with van der Waals surface area (Å²) in [5, 5.41) is 0. The van der Waals surface area contributed by atoms with Gasteiger partial charge in [-0.3, -0.25) is 0 Å². The second-order valence-corrected chi connectivity index (χ2v) is 3.42. The molecule has 0 saturated carbocycles. The summed E-state index contributed by atoms with van der Waals surface area (Å²) in [5.41, 5.74) is 0.610. The van der Waals surface area contributed by atoms with Crippen LogP contribution in [0.3, 0.4) is 0 Å². The first-order valence-electron chi connectivity index (χ1n) is 4.71. The molecule has 78 valence electrons. The normalized spacial score (nSPS) is 10.4. The van der Waals surface area contributed by atoms with E-state index in [1.54, 1.807) is 18.2 Å². The first-order chi connectivity index (χ1) is 6.84. The van der Waals surface area contributed by atoms with E-state index in [2.05, 4.69) is 0 Å². The molecule has 0 atom stereocenters. The molecule has 0 aromatic heterocycles. The molecular weight excluding hydrogens is 203 g/mol. The molecule has 0 heterocycles. The molecule has 3 heteroatoms. The lowest BCUT2D eigenvalue weighted by Crippen LogP contribution is -1.97. The van der Waals surface area contributed by atoms with Gasteiger partial charge in [-0.15, -0.1) is 11.6 Å². The van der Waals surface area contributed by atoms with Gasteiger partial charge >= 0.3 is 0 Å². The molecule has 1 aromatic carbocycles. The molecule has 0 amide bonds. The number of halogens is 2. The van der Waals surface area contributed by atoms with E-state index in [1.165, 1.54) is 6.07 Å². The van der Waals surface area contributed by atoms with Crippen LogP contribution in [0.5, 0.6) is 0 Å². The Hall–Kier alpha value is -0.600. The van der Waals surface area contributed by atoms with E-state index >= 15 is 0 Å². The highest BCUT2D eigenvalue weighted by molar-refractivity contribution is 6.17. The largest absolute Gasteiger partial charge is 0.377 e. The minimum Gasteiger partial charge on any atom is -0.377 e. The van der Waals surface area contributed by atoms with Crippen LogP contribution in [0.15, 0.2) is 24.3 Å². The zero-order valence-electron chi connectivity index (χ0n) is 8.01. The van der Waals surface area contributed by atoms with Crippen molar-refractivity contribution in [1.82, 2.24) is 0 Å². The molecule has 1 aromatic rings. The summed E-state index contributed by atoms with van der Waals surface area (Å²) in [5.74, 6) is 0.452. The van der Waals surface area contributed by atoms with E-state index < -0.39 is 0 Å². The number of hydrogen-bond acceptors (Lipinski definition) is 1. The maximum atomic E-state index is 13.1. The lowest BCUT2D eigenvalue weighted by atomic mass is 10.2. The zero-order valence-corrected chi connectivity index (χ0v) is 8.77. The fourth-order valence-corrected chi connectivity index (χ4v) is 1.29. The fraction of sp³-hybridized carbons (Fsp3) is 0.455. The van der Waals surface area contributed by atoms with Crippen molar-refractivity contribution in [2.75, 3.05) is 12.5 Å². The molecule has 1 nitrogen and oxygen atoms in total. The molecule has 0 bridgehead atoms. The third-order valence-corrected chi connectivity index (χ3v) is 2.15. The summed E-state index contributed by atoms with van der Waals surface area (Å²) in [6.07, 6.45) is 1.87. The molecule has 0 unspecified atom stereocenters. The van der Waals surface area contributed by atoms with Crippen molar-refractivity contribution in [3.05, 3.63) is 35.6 Å². The van der Waals surface area contributed by atoms with Crippen molar-refractivity contribution in [2.24, 2.45) is 0 Å². The average Bonchev–Trinajstić information content (AvgIpc) is 2.20. The standard InChI is InChI=1S/C11H14ClFO/c12-7-3-4-8-14-9-10-5-1-2-6-11(10)13/h1-2,5-6H,3-4,7-9H2. The van der Waals surface area contributed by atoms with Crippen LogP contribution >= 0.6 is 11.6 Å². The van der Waals surface area contributed by atoms with E-state index in [0.717, 1.165) is 12.8 Å². The monoisotopic (exact) mass is 216 g/mol. The molecule has 0 saturated heterocycles. The predicted molar refractivity (Wildman–Crippen MR) is 56.0 cm³/mol. The second kappa shape index (κ2) is 6.80. The van der Waals surface area contributed by atoms with Gasteiger partial charge in [-0.25, -0.2) is 4.39 Å². The molecule has 0 radical (unpaired) electrons. The Balaban J connectivity index is 2.21. The smallest absolute Gasteiger partial charge is 0.128 e. The lowest BCUT2D eigenvalue weighted by Gasteiger charge is -2.04. The highest BCUT2D eigenvalue weighted by Gasteiger charge is 1.99. The summed E-state index contributed by atoms with van der Waals surface area (Å²) in [7, 11) is 0. The molecule has 14 heavy (non-hydrogen) atoms. The Morgan fingerprint density at radius 3 is 2.71 bits per heavy atom. The summed E-state index contributed by atoms with van der Waals surface area (Å²) >= 11 is 5.51. The third kappa shape index (κ3) is 4.07. The van der Waals surface area contributed by atoms with Crippen molar-refractivity contribution in [3.8, 4) is 0 Å². The number of ether oxygens (including phenoxy) is 1. The molecule has 0 aliphatic rings. The third-order valence-electron chi connectivity index (χ3n) is 1.89. The van der Waals surface area contributed by atoms with Crippen LogP contribution in [0.1, 0.15) is 18.4 Å².